The van der Waals surface area contributed by atoms with Crippen LogP contribution in [0.5, 0.6) is 5.75 Å². The summed E-state index contributed by atoms with van der Waals surface area (Å²) in [4.78, 5) is 0. The van der Waals surface area contributed by atoms with E-state index in [-0.39, 0.29) is 6.61 Å². The molecule has 8 heteroatoms. The van der Waals surface area contributed by atoms with Crippen molar-refractivity contribution >= 4 is 13.5 Å². The van der Waals surface area contributed by atoms with Crippen LogP contribution < -0.4 is 9.92 Å². The van der Waals surface area contributed by atoms with Crippen LogP contribution in [0, 0.1) is 0 Å². The molecular weight excluding hydrogens is 657 g/mol. The lowest BCUT2D eigenvalue weighted by atomic mass is 9.98. The number of allylic oxidation sites excluding steroid dienone is 1. The van der Waals surface area contributed by atoms with E-state index >= 15 is 0 Å². The van der Waals surface area contributed by atoms with Gasteiger partial charge in [0.15, 0.2) is 6.29 Å². The van der Waals surface area contributed by atoms with E-state index in [1.54, 1.807) is 7.11 Å². The van der Waals surface area contributed by atoms with Gasteiger partial charge in [0.1, 0.15) is 30.2 Å². The monoisotopic (exact) mass is 710 g/mol. The number of benzene rings is 4. The SMILES string of the molecule is C=CCCCO[C@@H]1O[C@H](COCc2ccccc2)[C@@H](OCc2ccccc2)[C@H](OCc2ccccc2)[C@H]1O[Si](CC)(CC)c1ccccc1OC. The maximum Gasteiger partial charge on any atom is 0.228 e. The van der Waals surface area contributed by atoms with Crippen LogP contribution in [0.25, 0.3) is 0 Å². The van der Waals surface area contributed by atoms with Crippen molar-refractivity contribution in [2.45, 2.75) is 89.3 Å². The van der Waals surface area contributed by atoms with Gasteiger partial charge >= 0.3 is 0 Å². The molecule has 0 unspecified atom stereocenters. The largest absolute Gasteiger partial charge is 0.497 e. The molecule has 1 fully saturated rings. The number of para-hydroxylation sites is 1. The molecule has 0 aromatic heterocycles. The Morgan fingerprint density at radius 2 is 1.22 bits per heavy atom. The van der Waals surface area contributed by atoms with Crippen molar-refractivity contribution in [2.24, 2.45) is 0 Å². The lowest BCUT2D eigenvalue weighted by Gasteiger charge is -2.48. The van der Waals surface area contributed by atoms with E-state index in [2.05, 4.69) is 69.0 Å². The standard InChI is InChI=1S/C43H54O7Si/c1-5-8-20-29-46-43-42(50-51(6-2,7-3)39-28-19-18-27-37(39)44-4)41(48-32-36-25-16-11-17-26-36)40(47-31-35-23-14-10-15-24-35)38(49-43)33-45-30-34-21-12-9-13-22-34/h5,9-19,21-28,38,40-43H,1,6-8,20,29-33H2,2-4H3/t38-,40-,41+,42-,43-/m1/s1. The van der Waals surface area contributed by atoms with Crippen LogP contribution in [-0.4, -0.2) is 59.3 Å². The van der Waals surface area contributed by atoms with E-state index in [1.165, 1.54) is 0 Å². The first kappa shape index (κ1) is 38.6. The summed E-state index contributed by atoms with van der Waals surface area (Å²) in [6.07, 6.45) is 0.670. The fourth-order valence-corrected chi connectivity index (χ4v) is 10.2. The second-order valence-corrected chi connectivity index (χ2v) is 17.0. The number of rotatable bonds is 21. The first-order valence-electron chi connectivity index (χ1n) is 18.2. The molecule has 0 bridgehead atoms. The Balaban J connectivity index is 1.54. The Bertz CT molecular complexity index is 1550. The average molecular weight is 711 g/mol. The van der Waals surface area contributed by atoms with Crippen molar-refractivity contribution in [3.8, 4) is 5.75 Å². The molecule has 5 atom stereocenters. The van der Waals surface area contributed by atoms with Crippen LogP contribution >= 0.6 is 0 Å². The first-order chi connectivity index (χ1) is 25.1. The lowest BCUT2D eigenvalue weighted by molar-refractivity contribution is -0.315. The molecule has 0 aliphatic carbocycles. The fraction of sp³-hybridized carbons (Fsp3) is 0.395. The minimum Gasteiger partial charge on any atom is -0.497 e. The molecule has 7 nitrogen and oxygen atoms in total. The van der Waals surface area contributed by atoms with Crippen molar-refractivity contribution in [3.63, 3.8) is 0 Å². The summed E-state index contributed by atoms with van der Waals surface area (Å²) in [6.45, 7) is 10.3. The van der Waals surface area contributed by atoms with E-state index in [0.29, 0.717) is 26.4 Å². The van der Waals surface area contributed by atoms with Gasteiger partial charge in [-0.15, -0.1) is 6.58 Å². The predicted octanol–water partition coefficient (Wildman–Crippen LogP) is 8.37. The molecule has 0 N–H and O–H groups in total. The normalized spacial score (nSPS) is 20.6. The summed E-state index contributed by atoms with van der Waals surface area (Å²) in [5.41, 5.74) is 3.20. The molecule has 1 heterocycles. The number of unbranched alkanes of at least 4 members (excludes halogenated alkanes) is 1. The third-order valence-electron chi connectivity index (χ3n) is 9.49. The van der Waals surface area contributed by atoms with Crippen LogP contribution in [0.3, 0.4) is 0 Å². The highest BCUT2D eigenvalue weighted by Crippen LogP contribution is 2.35. The minimum absolute atomic E-state index is 0.287. The molecule has 1 saturated heterocycles. The highest BCUT2D eigenvalue weighted by molar-refractivity contribution is 6.87. The van der Waals surface area contributed by atoms with Crippen LogP contribution in [0.15, 0.2) is 128 Å². The van der Waals surface area contributed by atoms with Crippen LogP contribution in [-0.2, 0) is 47.9 Å². The van der Waals surface area contributed by atoms with Crippen LogP contribution in [0.4, 0.5) is 0 Å². The topological polar surface area (TPSA) is 64.6 Å². The quantitative estimate of drug-likeness (QED) is 0.0489. The lowest BCUT2D eigenvalue weighted by Crippen LogP contribution is -2.66. The number of hydrogen-bond acceptors (Lipinski definition) is 7. The van der Waals surface area contributed by atoms with Crippen molar-refractivity contribution < 1.29 is 32.8 Å². The van der Waals surface area contributed by atoms with E-state index in [1.807, 2.05) is 72.8 Å². The zero-order chi connectivity index (χ0) is 35.7. The zero-order valence-electron chi connectivity index (χ0n) is 30.4. The van der Waals surface area contributed by atoms with Gasteiger partial charge in [0.05, 0.1) is 40.1 Å². The van der Waals surface area contributed by atoms with E-state index < -0.39 is 39.0 Å². The molecule has 4 aromatic carbocycles. The number of methoxy groups -OCH3 is 1. The molecular formula is C43H54O7Si. The summed E-state index contributed by atoms with van der Waals surface area (Å²) in [7, 11) is -0.975. The summed E-state index contributed by atoms with van der Waals surface area (Å²) < 4.78 is 47.1. The Labute approximate surface area is 305 Å². The number of hydrogen-bond donors (Lipinski definition) is 0. The smallest absolute Gasteiger partial charge is 0.228 e. The summed E-state index contributed by atoms with van der Waals surface area (Å²) in [6, 6.07) is 40.4. The third-order valence-corrected chi connectivity index (χ3v) is 13.9. The molecule has 0 saturated carbocycles. The molecule has 1 aliphatic rings. The molecule has 1 aliphatic heterocycles. The maximum atomic E-state index is 7.52. The first-order valence-corrected chi connectivity index (χ1v) is 20.5. The summed E-state index contributed by atoms with van der Waals surface area (Å²) in [5.74, 6) is 0.832. The fourth-order valence-electron chi connectivity index (χ4n) is 6.63. The van der Waals surface area contributed by atoms with Gasteiger partial charge in [-0.2, -0.15) is 0 Å². The van der Waals surface area contributed by atoms with Gasteiger partial charge in [0.25, 0.3) is 0 Å². The van der Waals surface area contributed by atoms with Gasteiger partial charge in [-0.25, -0.2) is 0 Å². The Hall–Kier alpha value is -3.60. The molecule has 0 amide bonds. The molecule has 272 valence electrons. The Morgan fingerprint density at radius 3 is 1.78 bits per heavy atom. The van der Waals surface area contributed by atoms with Gasteiger partial charge in [0, 0.05) is 5.19 Å². The highest BCUT2D eigenvalue weighted by atomic mass is 28.4. The van der Waals surface area contributed by atoms with Gasteiger partial charge in [-0.05, 0) is 47.7 Å². The second kappa shape index (κ2) is 20.4. The van der Waals surface area contributed by atoms with Gasteiger partial charge < -0.3 is 32.8 Å². The predicted molar refractivity (Wildman–Crippen MR) is 204 cm³/mol. The molecule has 4 aromatic rings. The Morgan fingerprint density at radius 1 is 0.667 bits per heavy atom. The minimum atomic E-state index is -2.69. The van der Waals surface area contributed by atoms with Crippen LogP contribution in [0.1, 0.15) is 43.4 Å². The number of ether oxygens (including phenoxy) is 6. The maximum absolute atomic E-state index is 7.52. The highest BCUT2D eigenvalue weighted by Gasteiger charge is 2.52. The zero-order valence-corrected chi connectivity index (χ0v) is 31.4. The van der Waals surface area contributed by atoms with Gasteiger partial charge in [0.2, 0.25) is 8.32 Å². The van der Waals surface area contributed by atoms with E-state index in [4.69, 9.17) is 32.8 Å². The Kier molecular flexibility index (Phi) is 15.5. The summed E-state index contributed by atoms with van der Waals surface area (Å²) in [5, 5.41) is 1.11. The molecule has 51 heavy (non-hydrogen) atoms. The molecule has 5 rings (SSSR count). The molecule has 0 spiro atoms. The van der Waals surface area contributed by atoms with Crippen molar-refractivity contribution in [2.75, 3.05) is 20.3 Å². The van der Waals surface area contributed by atoms with Crippen LogP contribution in [0.2, 0.25) is 12.1 Å². The molecule has 0 radical (unpaired) electrons. The van der Waals surface area contributed by atoms with Crippen molar-refractivity contribution in [1.29, 1.82) is 0 Å². The average Bonchev–Trinajstić information content (AvgIpc) is 3.19. The van der Waals surface area contributed by atoms with Gasteiger partial charge in [-0.1, -0.05) is 129 Å². The van der Waals surface area contributed by atoms with Crippen molar-refractivity contribution in [1.82, 2.24) is 0 Å². The van der Waals surface area contributed by atoms with Gasteiger partial charge in [-0.3, -0.25) is 0 Å². The van der Waals surface area contributed by atoms with E-state index in [0.717, 1.165) is 52.6 Å². The summed E-state index contributed by atoms with van der Waals surface area (Å²) >= 11 is 0. The third kappa shape index (κ3) is 10.7. The second-order valence-electron chi connectivity index (χ2n) is 12.9. The van der Waals surface area contributed by atoms with Crippen molar-refractivity contribution in [3.05, 3.63) is 145 Å². The van der Waals surface area contributed by atoms with E-state index in [9.17, 15) is 0 Å².